The van der Waals surface area contributed by atoms with Gasteiger partial charge in [0.1, 0.15) is 0 Å². The second kappa shape index (κ2) is 6.73. The van der Waals surface area contributed by atoms with Crippen molar-refractivity contribution in [1.29, 1.82) is 0 Å². The molecular formula is C13H19ClN4O. The Bertz CT molecular complexity index is 492. The lowest BCUT2D eigenvalue weighted by Gasteiger charge is -2.33. The van der Waals surface area contributed by atoms with E-state index in [0.717, 1.165) is 31.9 Å². The number of rotatable bonds is 4. The number of piperazine rings is 1. The van der Waals surface area contributed by atoms with Gasteiger partial charge < -0.3 is 9.80 Å². The van der Waals surface area contributed by atoms with Crippen LogP contribution in [0.2, 0.25) is 0 Å². The Morgan fingerprint density at radius 3 is 2.68 bits per heavy atom. The van der Waals surface area contributed by atoms with E-state index in [4.69, 9.17) is 11.6 Å². The highest BCUT2D eigenvalue weighted by Gasteiger charge is 2.15. The molecule has 1 saturated heterocycles. The number of allylic oxidation sites excluding steroid dienone is 2. The molecular weight excluding hydrogens is 264 g/mol. The summed E-state index contributed by atoms with van der Waals surface area (Å²) in [7, 11) is 2.11. The summed E-state index contributed by atoms with van der Waals surface area (Å²) in [6.07, 6.45) is 5.42. The van der Waals surface area contributed by atoms with Gasteiger partial charge in [-0.3, -0.25) is 4.79 Å². The minimum Gasteiger partial charge on any atom is -0.368 e. The van der Waals surface area contributed by atoms with Gasteiger partial charge in [0, 0.05) is 38.1 Å². The summed E-state index contributed by atoms with van der Waals surface area (Å²) in [6, 6.07) is 1.66. The molecule has 0 spiro atoms. The molecule has 0 amide bonds. The molecule has 1 aliphatic rings. The van der Waals surface area contributed by atoms with Gasteiger partial charge >= 0.3 is 0 Å². The largest absolute Gasteiger partial charge is 0.368 e. The number of hydrogen-bond acceptors (Lipinski definition) is 4. The van der Waals surface area contributed by atoms with Gasteiger partial charge in [0.25, 0.3) is 5.56 Å². The van der Waals surface area contributed by atoms with Crippen LogP contribution in [0.4, 0.5) is 5.69 Å². The highest BCUT2D eigenvalue weighted by Crippen LogP contribution is 2.11. The van der Waals surface area contributed by atoms with Gasteiger partial charge in [-0.25, -0.2) is 4.68 Å². The first-order valence-corrected chi connectivity index (χ1v) is 6.96. The van der Waals surface area contributed by atoms with Crippen LogP contribution >= 0.6 is 11.6 Å². The number of likely N-dealkylation sites (N-methyl/N-ethyl adjacent to an activating group) is 1. The van der Waals surface area contributed by atoms with Gasteiger partial charge in [0.2, 0.25) is 0 Å². The Kier molecular flexibility index (Phi) is 4.99. The molecule has 0 unspecified atom stereocenters. The zero-order valence-corrected chi connectivity index (χ0v) is 11.9. The van der Waals surface area contributed by atoms with Crippen molar-refractivity contribution in [1.82, 2.24) is 14.7 Å². The van der Waals surface area contributed by atoms with E-state index < -0.39 is 0 Å². The molecule has 0 aliphatic carbocycles. The fraction of sp³-hybridized carbons (Fsp3) is 0.538. The predicted molar refractivity (Wildman–Crippen MR) is 78.1 cm³/mol. The van der Waals surface area contributed by atoms with Gasteiger partial charge in [-0.15, -0.1) is 11.6 Å². The number of halogens is 1. The molecule has 1 aromatic rings. The maximum Gasteiger partial charge on any atom is 0.269 e. The van der Waals surface area contributed by atoms with Crippen molar-refractivity contribution in [3.8, 4) is 0 Å². The van der Waals surface area contributed by atoms with Crippen LogP contribution in [0.5, 0.6) is 0 Å². The van der Waals surface area contributed by atoms with Crippen molar-refractivity contribution in [2.45, 2.75) is 6.54 Å². The van der Waals surface area contributed by atoms with Crippen LogP contribution in [-0.2, 0) is 6.54 Å². The van der Waals surface area contributed by atoms with E-state index in [0.29, 0.717) is 12.4 Å². The Labute approximate surface area is 118 Å². The first-order chi connectivity index (χ1) is 9.20. The van der Waals surface area contributed by atoms with Gasteiger partial charge in [0.15, 0.2) is 0 Å². The number of hydrogen-bond donors (Lipinski definition) is 0. The number of nitrogens with zero attached hydrogens (tertiary/aromatic N) is 4. The lowest BCUT2D eigenvalue weighted by molar-refractivity contribution is 0.312. The first-order valence-electron chi connectivity index (χ1n) is 6.42. The average Bonchev–Trinajstić information content (AvgIpc) is 2.42. The number of aromatic nitrogens is 2. The fourth-order valence-corrected chi connectivity index (χ4v) is 2.16. The molecule has 0 bridgehead atoms. The molecule has 6 heteroatoms. The lowest BCUT2D eigenvalue weighted by Crippen LogP contribution is -2.45. The van der Waals surface area contributed by atoms with Gasteiger partial charge in [-0.1, -0.05) is 12.2 Å². The van der Waals surface area contributed by atoms with Crippen molar-refractivity contribution in [3.05, 3.63) is 34.8 Å². The summed E-state index contributed by atoms with van der Waals surface area (Å²) in [5.41, 5.74) is 0.839. The number of alkyl halides is 1. The molecule has 0 radical (unpaired) electrons. The molecule has 19 heavy (non-hydrogen) atoms. The van der Waals surface area contributed by atoms with Crippen LogP contribution < -0.4 is 10.5 Å². The highest BCUT2D eigenvalue weighted by atomic mass is 35.5. The monoisotopic (exact) mass is 282 g/mol. The highest BCUT2D eigenvalue weighted by molar-refractivity contribution is 6.18. The van der Waals surface area contributed by atoms with Gasteiger partial charge in [-0.2, -0.15) is 5.10 Å². The minimum absolute atomic E-state index is 0.0735. The predicted octanol–water partition coefficient (Wildman–Crippen LogP) is 0.790. The molecule has 1 aliphatic heterocycles. The average molecular weight is 283 g/mol. The zero-order valence-electron chi connectivity index (χ0n) is 11.1. The van der Waals surface area contributed by atoms with Crippen LogP contribution in [0.1, 0.15) is 0 Å². The van der Waals surface area contributed by atoms with Gasteiger partial charge in [0.05, 0.1) is 18.4 Å². The standard InChI is InChI=1S/C13H19ClN4O/c1-16-6-8-17(9-7-16)12-10-13(19)18(15-11-12)5-3-2-4-14/h2-3,10-11H,4-9H2,1H3/b3-2+. The minimum atomic E-state index is -0.0735. The maximum atomic E-state index is 11.9. The summed E-state index contributed by atoms with van der Waals surface area (Å²) < 4.78 is 1.43. The topological polar surface area (TPSA) is 41.4 Å². The van der Waals surface area contributed by atoms with Gasteiger partial charge in [-0.05, 0) is 7.05 Å². The molecule has 2 heterocycles. The van der Waals surface area contributed by atoms with E-state index in [-0.39, 0.29) is 5.56 Å². The summed E-state index contributed by atoms with van der Waals surface area (Å²) in [5.74, 6) is 0.453. The van der Waals surface area contributed by atoms with E-state index in [1.165, 1.54) is 4.68 Å². The third kappa shape index (κ3) is 3.81. The second-order valence-electron chi connectivity index (χ2n) is 4.65. The van der Waals surface area contributed by atoms with Crippen LogP contribution in [0.25, 0.3) is 0 Å². The Hall–Kier alpha value is -1.33. The lowest BCUT2D eigenvalue weighted by atomic mass is 10.3. The van der Waals surface area contributed by atoms with E-state index in [1.54, 1.807) is 12.3 Å². The molecule has 1 aromatic heterocycles. The molecule has 0 N–H and O–H groups in total. The van der Waals surface area contributed by atoms with Crippen molar-refractivity contribution in [2.75, 3.05) is 44.0 Å². The van der Waals surface area contributed by atoms with Crippen LogP contribution in [0, 0.1) is 0 Å². The third-order valence-electron chi connectivity index (χ3n) is 3.26. The van der Waals surface area contributed by atoms with Crippen molar-refractivity contribution >= 4 is 17.3 Å². The Morgan fingerprint density at radius 1 is 1.32 bits per heavy atom. The second-order valence-corrected chi connectivity index (χ2v) is 4.96. The summed E-state index contributed by atoms with van der Waals surface area (Å²) >= 11 is 5.54. The molecule has 1 fully saturated rings. The molecule has 0 aromatic carbocycles. The van der Waals surface area contributed by atoms with E-state index in [2.05, 4.69) is 21.9 Å². The SMILES string of the molecule is CN1CCN(c2cnn(C/C=C/CCl)c(=O)c2)CC1. The molecule has 2 rings (SSSR count). The quantitative estimate of drug-likeness (QED) is 0.605. The molecule has 0 saturated carbocycles. The Balaban J connectivity index is 2.06. The van der Waals surface area contributed by atoms with Crippen LogP contribution in [0.3, 0.4) is 0 Å². The van der Waals surface area contributed by atoms with Crippen LogP contribution in [0.15, 0.2) is 29.2 Å². The zero-order chi connectivity index (χ0) is 13.7. The van der Waals surface area contributed by atoms with E-state index in [9.17, 15) is 4.79 Å². The molecule has 0 atom stereocenters. The van der Waals surface area contributed by atoms with Crippen molar-refractivity contribution in [2.24, 2.45) is 0 Å². The van der Waals surface area contributed by atoms with Crippen LogP contribution in [-0.4, -0.2) is 53.8 Å². The van der Waals surface area contributed by atoms with E-state index in [1.807, 2.05) is 12.2 Å². The molecule has 5 nitrogen and oxygen atoms in total. The smallest absolute Gasteiger partial charge is 0.269 e. The normalized spacial score (nSPS) is 17.3. The molecule has 104 valence electrons. The summed E-state index contributed by atoms with van der Waals surface area (Å²) in [4.78, 5) is 16.4. The van der Waals surface area contributed by atoms with Crippen molar-refractivity contribution in [3.63, 3.8) is 0 Å². The Morgan fingerprint density at radius 2 is 2.05 bits per heavy atom. The summed E-state index contributed by atoms with van der Waals surface area (Å²) in [5, 5.41) is 4.20. The van der Waals surface area contributed by atoms with Crippen molar-refractivity contribution < 1.29 is 0 Å². The fourth-order valence-electron chi connectivity index (χ4n) is 2.04. The summed E-state index contributed by atoms with van der Waals surface area (Å²) in [6.45, 7) is 4.37. The maximum absolute atomic E-state index is 11.9. The number of anilines is 1. The first kappa shape index (κ1) is 14.1. The third-order valence-corrected chi connectivity index (χ3v) is 3.44. The van der Waals surface area contributed by atoms with E-state index >= 15 is 0 Å².